The predicted molar refractivity (Wildman–Crippen MR) is 71.4 cm³/mol. The maximum absolute atomic E-state index is 6.07. The number of rotatable bonds is 6. The van der Waals surface area contributed by atoms with Crippen molar-refractivity contribution in [2.75, 3.05) is 0 Å². The number of hydrogen-bond donors (Lipinski definition) is 0. The molecule has 0 saturated heterocycles. The number of nitrogens with zero attached hydrogens (tertiary/aromatic N) is 1. The highest BCUT2D eigenvalue weighted by Gasteiger charge is 2.10. The van der Waals surface area contributed by atoms with Gasteiger partial charge in [0.2, 0.25) is 0 Å². The molecular formula is C13H19Cl2N. The molecule has 1 rings (SSSR count). The fourth-order valence-electron chi connectivity index (χ4n) is 1.82. The largest absolute Gasteiger partial charge is 0.224 e. The molecule has 0 radical (unpaired) electrons. The summed E-state index contributed by atoms with van der Waals surface area (Å²) in [4.78, 5) is 4.07. The van der Waals surface area contributed by atoms with Gasteiger partial charge in [-0.25, -0.2) is 4.98 Å². The minimum Gasteiger partial charge on any atom is -0.224 e. The van der Waals surface area contributed by atoms with Gasteiger partial charge in [0.15, 0.2) is 0 Å². The molecule has 0 saturated carbocycles. The molecule has 1 nitrogen and oxygen atoms in total. The first-order valence-corrected chi connectivity index (χ1v) is 6.72. The van der Waals surface area contributed by atoms with E-state index in [4.69, 9.17) is 23.2 Å². The highest BCUT2D eigenvalue weighted by atomic mass is 35.5. The van der Waals surface area contributed by atoms with Crippen LogP contribution in [0.1, 0.15) is 57.4 Å². The molecule has 1 heterocycles. The summed E-state index contributed by atoms with van der Waals surface area (Å²) in [7, 11) is 0. The predicted octanol–water partition coefficient (Wildman–Crippen LogP) is 5.46. The minimum absolute atomic E-state index is 0.465. The molecule has 0 aliphatic carbocycles. The summed E-state index contributed by atoms with van der Waals surface area (Å²) < 4.78 is 0. The van der Waals surface area contributed by atoms with Crippen LogP contribution in [0.15, 0.2) is 12.1 Å². The minimum atomic E-state index is 0.465. The van der Waals surface area contributed by atoms with E-state index in [1.165, 1.54) is 32.1 Å². The van der Waals surface area contributed by atoms with Gasteiger partial charge in [0, 0.05) is 0 Å². The van der Waals surface area contributed by atoms with Gasteiger partial charge >= 0.3 is 0 Å². The van der Waals surface area contributed by atoms with Crippen molar-refractivity contribution in [2.45, 2.75) is 51.9 Å². The molecule has 16 heavy (non-hydrogen) atoms. The molecule has 0 aromatic carbocycles. The Morgan fingerprint density at radius 2 is 1.94 bits per heavy atom. The Morgan fingerprint density at radius 3 is 2.56 bits per heavy atom. The molecule has 0 N–H and O–H groups in total. The Kier molecular flexibility index (Phi) is 6.15. The van der Waals surface area contributed by atoms with Crippen LogP contribution in [0.4, 0.5) is 0 Å². The van der Waals surface area contributed by atoms with Gasteiger partial charge in [0.05, 0.1) is 0 Å². The summed E-state index contributed by atoms with van der Waals surface area (Å²) in [5.74, 6) is 0.467. The monoisotopic (exact) mass is 259 g/mol. The molecule has 0 aliphatic heterocycles. The molecule has 1 unspecified atom stereocenters. The summed E-state index contributed by atoms with van der Waals surface area (Å²) in [6.07, 6.45) is 6.33. The lowest BCUT2D eigenvalue weighted by molar-refractivity contribution is 0.579. The van der Waals surface area contributed by atoms with Crippen molar-refractivity contribution in [2.24, 2.45) is 0 Å². The average Bonchev–Trinajstić information content (AvgIpc) is 2.24. The van der Waals surface area contributed by atoms with Gasteiger partial charge in [-0.2, -0.15) is 0 Å². The van der Waals surface area contributed by atoms with Crippen LogP contribution in [-0.2, 0) is 0 Å². The van der Waals surface area contributed by atoms with Crippen LogP contribution in [0.5, 0.6) is 0 Å². The molecule has 0 bridgehead atoms. The normalized spacial score (nSPS) is 12.8. The quantitative estimate of drug-likeness (QED) is 0.488. The summed E-state index contributed by atoms with van der Waals surface area (Å²) in [6.45, 7) is 4.42. The molecule has 0 amide bonds. The highest BCUT2D eigenvalue weighted by Crippen LogP contribution is 2.28. The Morgan fingerprint density at radius 1 is 1.19 bits per heavy atom. The molecule has 0 aliphatic rings. The number of aromatic nitrogens is 1. The van der Waals surface area contributed by atoms with Gasteiger partial charge in [0.1, 0.15) is 10.3 Å². The van der Waals surface area contributed by atoms with Crippen LogP contribution < -0.4 is 0 Å². The van der Waals surface area contributed by atoms with Crippen LogP contribution in [0.2, 0.25) is 10.3 Å². The lowest BCUT2D eigenvalue weighted by atomic mass is 9.96. The van der Waals surface area contributed by atoms with Crippen LogP contribution in [0.25, 0.3) is 0 Å². The van der Waals surface area contributed by atoms with Crippen LogP contribution in [0, 0.1) is 0 Å². The summed E-state index contributed by atoms with van der Waals surface area (Å²) >= 11 is 11.8. The maximum Gasteiger partial charge on any atom is 0.134 e. The second-order valence-corrected chi connectivity index (χ2v) is 5.01. The fraction of sp³-hybridized carbons (Fsp3) is 0.615. The van der Waals surface area contributed by atoms with Gasteiger partial charge in [-0.1, -0.05) is 68.8 Å². The summed E-state index contributed by atoms with van der Waals surface area (Å²) in [5.41, 5.74) is 1.11. The topological polar surface area (TPSA) is 12.9 Å². The van der Waals surface area contributed by atoms with Crippen molar-refractivity contribution in [3.63, 3.8) is 0 Å². The Balaban J connectivity index is 2.49. The van der Waals surface area contributed by atoms with E-state index in [2.05, 4.69) is 18.8 Å². The average molecular weight is 260 g/mol. The standard InChI is InChI=1S/C13H19Cl2N/c1-3-4-5-6-7-10(2)11-8-9-12(14)16-13(11)15/h8-10H,3-7H2,1-2H3. The Labute approximate surface area is 108 Å². The van der Waals surface area contributed by atoms with E-state index in [-0.39, 0.29) is 0 Å². The van der Waals surface area contributed by atoms with Crippen LogP contribution in [-0.4, -0.2) is 4.98 Å². The number of halogens is 2. The van der Waals surface area contributed by atoms with Crippen LogP contribution in [0.3, 0.4) is 0 Å². The molecule has 1 aromatic rings. The van der Waals surface area contributed by atoms with E-state index in [1.807, 2.05) is 12.1 Å². The SMILES string of the molecule is CCCCCCC(C)c1ccc(Cl)nc1Cl. The van der Waals surface area contributed by atoms with Crippen molar-refractivity contribution in [1.29, 1.82) is 0 Å². The zero-order valence-electron chi connectivity index (χ0n) is 9.97. The first-order chi connectivity index (χ1) is 7.65. The molecular weight excluding hydrogens is 241 g/mol. The lowest BCUT2D eigenvalue weighted by Crippen LogP contribution is -1.96. The molecule has 3 heteroatoms. The fourth-order valence-corrected chi connectivity index (χ4v) is 2.35. The second kappa shape index (κ2) is 7.13. The van der Waals surface area contributed by atoms with Crippen molar-refractivity contribution in [3.05, 3.63) is 28.0 Å². The number of pyridine rings is 1. The zero-order chi connectivity index (χ0) is 12.0. The maximum atomic E-state index is 6.07. The van der Waals surface area contributed by atoms with Crippen molar-refractivity contribution in [1.82, 2.24) is 4.98 Å². The summed E-state index contributed by atoms with van der Waals surface area (Å²) in [6, 6.07) is 3.80. The first kappa shape index (κ1) is 13.8. The van der Waals surface area contributed by atoms with E-state index in [1.54, 1.807) is 0 Å². The van der Waals surface area contributed by atoms with Gasteiger partial charge in [0.25, 0.3) is 0 Å². The van der Waals surface area contributed by atoms with Crippen LogP contribution >= 0.6 is 23.2 Å². The second-order valence-electron chi connectivity index (χ2n) is 4.26. The number of hydrogen-bond acceptors (Lipinski definition) is 1. The Hall–Kier alpha value is -0.270. The van der Waals surface area contributed by atoms with Crippen molar-refractivity contribution < 1.29 is 0 Å². The van der Waals surface area contributed by atoms with E-state index in [0.29, 0.717) is 16.2 Å². The van der Waals surface area contributed by atoms with Crippen molar-refractivity contribution in [3.8, 4) is 0 Å². The van der Waals surface area contributed by atoms with E-state index in [9.17, 15) is 0 Å². The van der Waals surface area contributed by atoms with E-state index in [0.717, 1.165) is 5.56 Å². The summed E-state index contributed by atoms with van der Waals surface area (Å²) in [5, 5.41) is 1.02. The number of unbranched alkanes of at least 4 members (excludes halogenated alkanes) is 3. The third kappa shape index (κ3) is 4.31. The van der Waals surface area contributed by atoms with Gasteiger partial charge in [-0.15, -0.1) is 0 Å². The van der Waals surface area contributed by atoms with E-state index >= 15 is 0 Å². The third-order valence-corrected chi connectivity index (χ3v) is 3.38. The molecule has 90 valence electrons. The van der Waals surface area contributed by atoms with E-state index < -0.39 is 0 Å². The third-order valence-electron chi connectivity index (χ3n) is 2.87. The zero-order valence-corrected chi connectivity index (χ0v) is 11.5. The molecule has 1 aromatic heterocycles. The Bertz CT molecular complexity index is 326. The van der Waals surface area contributed by atoms with Crippen molar-refractivity contribution >= 4 is 23.2 Å². The molecule has 1 atom stereocenters. The first-order valence-electron chi connectivity index (χ1n) is 5.97. The smallest absolute Gasteiger partial charge is 0.134 e. The van der Waals surface area contributed by atoms with Gasteiger partial charge in [-0.3, -0.25) is 0 Å². The lowest BCUT2D eigenvalue weighted by Gasteiger charge is -2.12. The highest BCUT2D eigenvalue weighted by molar-refractivity contribution is 6.32. The molecule has 0 spiro atoms. The molecule has 0 fully saturated rings. The van der Waals surface area contributed by atoms with Gasteiger partial charge in [-0.05, 0) is 24.0 Å². The van der Waals surface area contributed by atoms with Gasteiger partial charge < -0.3 is 0 Å².